The van der Waals surface area contributed by atoms with Crippen molar-refractivity contribution in [3.8, 4) is 0 Å². The molecule has 0 aliphatic heterocycles. The summed E-state index contributed by atoms with van der Waals surface area (Å²) < 4.78 is 40.3. The second-order valence-corrected chi connectivity index (χ2v) is 4.56. The van der Waals surface area contributed by atoms with Crippen LogP contribution in [0.3, 0.4) is 0 Å². The zero-order valence-corrected chi connectivity index (χ0v) is 8.29. The van der Waals surface area contributed by atoms with E-state index in [1.54, 1.807) is 0 Å². The van der Waals surface area contributed by atoms with Gasteiger partial charge in [0.25, 0.3) is 0 Å². The fourth-order valence-corrected chi connectivity index (χ4v) is 1.92. The van der Waals surface area contributed by atoms with Crippen LogP contribution in [0.25, 0.3) is 0 Å². The third kappa shape index (κ3) is 9.18. The van der Waals surface area contributed by atoms with Crippen molar-refractivity contribution in [1.29, 1.82) is 0 Å². The SMILES string of the molecule is FC(F)(I)CC(F)(F)I. The molecule has 0 saturated carbocycles. The van der Waals surface area contributed by atoms with Crippen LogP contribution in [-0.2, 0) is 0 Å². The van der Waals surface area contributed by atoms with Gasteiger partial charge in [0.1, 0.15) is 0 Å². The van der Waals surface area contributed by atoms with Gasteiger partial charge in [-0.1, -0.05) is 0 Å². The molecule has 0 aromatic carbocycles. The van der Waals surface area contributed by atoms with Gasteiger partial charge >= 0.3 is 7.86 Å². The molecule has 0 saturated heterocycles. The van der Waals surface area contributed by atoms with Crippen LogP contribution < -0.4 is 0 Å². The average molecular weight is 368 g/mol. The molecule has 0 aliphatic carbocycles. The number of hydrogen-bond acceptors (Lipinski definition) is 0. The number of hydrogen-bond donors (Lipinski definition) is 0. The Bertz CT molecular complexity index is 79.0. The molecule has 0 aromatic heterocycles. The highest BCUT2D eigenvalue weighted by molar-refractivity contribution is 14.1. The summed E-state index contributed by atoms with van der Waals surface area (Å²) in [7, 11) is 0. The van der Waals surface area contributed by atoms with Crippen molar-refractivity contribution < 1.29 is 17.6 Å². The van der Waals surface area contributed by atoms with Gasteiger partial charge in [-0.15, -0.1) is 0 Å². The lowest BCUT2D eigenvalue weighted by Crippen LogP contribution is -2.17. The molecule has 0 bridgehead atoms. The van der Waals surface area contributed by atoms with Crippen molar-refractivity contribution in [2.24, 2.45) is 0 Å². The molecule has 0 heterocycles. The molecule has 0 atom stereocenters. The highest BCUT2D eigenvalue weighted by atomic mass is 127. The van der Waals surface area contributed by atoms with Crippen molar-refractivity contribution in [2.75, 3.05) is 0 Å². The Kier molecular flexibility index (Phi) is 3.46. The lowest BCUT2D eigenvalue weighted by Gasteiger charge is -2.11. The Morgan fingerprint density at radius 2 is 1.11 bits per heavy atom. The Morgan fingerprint density at radius 3 is 1.11 bits per heavy atom. The average Bonchev–Trinajstić information content (AvgIpc) is 1.14. The molecule has 0 aromatic rings. The molecule has 9 heavy (non-hydrogen) atoms. The van der Waals surface area contributed by atoms with Crippen molar-refractivity contribution in [2.45, 2.75) is 14.3 Å². The molecule has 0 nitrogen and oxygen atoms in total. The van der Waals surface area contributed by atoms with Gasteiger partial charge < -0.3 is 0 Å². The lowest BCUT2D eigenvalue weighted by atomic mass is 10.5. The summed E-state index contributed by atoms with van der Waals surface area (Å²) in [4.78, 5) is 0. The third-order valence-electron chi connectivity index (χ3n) is 0.401. The predicted octanol–water partition coefficient (Wildman–Crippen LogP) is 3.43. The second kappa shape index (κ2) is 3.05. The minimum atomic E-state index is -3.30. The maximum atomic E-state index is 11.7. The van der Waals surface area contributed by atoms with Crippen LogP contribution in [0.4, 0.5) is 17.6 Å². The van der Waals surface area contributed by atoms with E-state index in [0.29, 0.717) is 45.2 Å². The van der Waals surface area contributed by atoms with Crippen molar-refractivity contribution in [3.05, 3.63) is 0 Å². The van der Waals surface area contributed by atoms with E-state index in [0.717, 1.165) is 0 Å². The minimum absolute atomic E-state index is 0.684. The van der Waals surface area contributed by atoms with Crippen LogP contribution in [0.5, 0.6) is 0 Å². The molecule has 0 rings (SSSR count). The monoisotopic (exact) mass is 368 g/mol. The summed E-state index contributed by atoms with van der Waals surface area (Å²) in [5.41, 5.74) is 0. The molecule has 0 unspecified atom stereocenters. The van der Waals surface area contributed by atoms with E-state index in [1.807, 2.05) is 0 Å². The fraction of sp³-hybridized carbons (Fsp3) is 1.00. The quantitative estimate of drug-likeness (QED) is 0.398. The summed E-state index contributed by atoms with van der Waals surface area (Å²) in [5, 5.41) is 0. The van der Waals surface area contributed by atoms with E-state index in [4.69, 9.17) is 0 Å². The van der Waals surface area contributed by atoms with Gasteiger partial charge in [-0.2, -0.15) is 17.6 Å². The number of rotatable bonds is 2. The predicted molar refractivity (Wildman–Crippen MR) is 42.6 cm³/mol. The van der Waals surface area contributed by atoms with E-state index in [1.165, 1.54) is 0 Å². The molecule has 56 valence electrons. The highest BCUT2D eigenvalue weighted by Gasteiger charge is 2.38. The van der Waals surface area contributed by atoms with Crippen LogP contribution in [-0.4, -0.2) is 7.86 Å². The number of halogens is 6. The van der Waals surface area contributed by atoms with Gasteiger partial charge in [0.05, 0.1) is 6.42 Å². The van der Waals surface area contributed by atoms with Crippen LogP contribution in [0.1, 0.15) is 6.42 Å². The van der Waals surface area contributed by atoms with E-state index in [2.05, 4.69) is 0 Å². The normalized spacial score (nSPS) is 14.0. The molecular formula is C3H2F4I2. The summed E-state index contributed by atoms with van der Waals surface area (Å²) in [6, 6.07) is 0. The van der Waals surface area contributed by atoms with E-state index >= 15 is 0 Å². The van der Waals surface area contributed by atoms with Gasteiger partial charge in [0.15, 0.2) is 0 Å². The zero-order chi connectivity index (χ0) is 7.71. The standard InChI is InChI=1S/C3H2F4I2/c4-2(5,8)1-3(6,7)9/h1H2. The number of alkyl halides is 6. The van der Waals surface area contributed by atoms with Gasteiger partial charge in [-0.25, -0.2) is 0 Å². The molecule has 0 fully saturated rings. The summed E-state index contributed by atoms with van der Waals surface area (Å²) in [6.07, 6.45) is -1.40. The minimum Gasteiger partial charge on any atom is -0.195 e. The highest BCUT2D eigenvalue weighted by Crippen LogP contribution is 2.38. The Morgan fingerprint density at radius 1 is 0.889 bits per heavy atom. The summed E-state index contributed by atoms with van der Waals surface area (Å²) in [5.74, 6) is 0. The molecule has 0 amide bonds. The molecule has 0 spiro atoms. The van der Waals surface area contributed by atoms with Gasteiger partial charge in [-0.05, 0) is 45.2 Å². The van der Waals surface area contributed by atoms with Gasteiger partial charge in [-0.3, -0.25) is 0 Å². The Balaban J connectivity index is 3.75. The van der Waals surface area contributed by atoms with E-state index in [-0.39, 0.29) is 0 Å². The molecule has 0 aliphatic rings. The largest absolute Gasteiger partial charge is 0.303 e. The van der Waals surface area contributed by atoms with Gasteiger partial charge in [0.2, 0.25) is 0 Å². The van der Waals surface area contributed by atoms with Gasteiger partial charge in [0, 0.05) is 0 Å². The first-order valence-electron chi connectivity index (χ1n) is 1.84. The summed E-state index contributed by atoms with van der Waals surface area (Å²) >= 11 is 1.37. The fourth-order valence-electron chi connectivity index (χ4n) is 0.227. The zero-order valence-electron chi connectivity index (χ0n) is 3.97. The van der Waals surface area contributed by atoms with Crippen molar-refractivity contribution >= 4 is 45.2 Å². The van der Waals surface area contributed by atoms with E-state index in [9.17, 15) is 17.6 Å². The topological polar surface area (TPSA) is 0 Å². The molecule has 0 N–H and O–H groups in total. The van der Waals surface area contributed by atoms with Crippen molar-refractivity contribution in [3.63, 3.8) is 0 Å². The van der Waals surface area contributed by atoms with Crippen LogP contribution in [0, 0.1) is 0 Å². The first kappa shape index (κ1) is 10.2. The molecule has 6 heteroatoms. The summed E-state index contributed by atoms with van der Waals surface area (Å²) in [6.45, 7) is 0. The first-order valence-corrected chi connectivity index (χ1v) is 4.00. The van der Waals surface area contributed by atoms with Crippen molar-refractivity contribution in [1.82, 2.24) is 0 Å². The Hall–Kier alpha value is 1.18. The first-order chi connectivity index (χ1) is 3.71. The smallest absolute Gasteiger partial charge is 0.195 e. The van der Waals surface area contributed by atoms with Crippen LogP contribution in [0.15, 0.2) is 0 Å². The Labute approximate surface area is 76.7 Å². The maximum Gasteiger partial charge on any atom is 0.303 e. The third-order valence-corrected chi connectivity index (χ3v) is 1.16. The maximum absolute atomic E-state index is 11.7. The second-order valence-electron chi connectivity index (χ2n) is 1.41. The molecular weight excluding hydrogens is 366 g/mol. The lowest BCUT2D eigenvalue weighted by molar-refractivity contribution is 0.0206. The van der Waals surface area contributed by atoms with Crippen LogP contribution in [0.2, 0.25) is 0 Å². The van der Waals surface area contributed by atoms with E-state index < -0.39 is 14.3 Å². The van der Waals surface area contributed by atoms with Crippen LogP contribution >= 0.6 is 45.2 Å². The molecule has 0 radical (unpaired) electrons.